The van der Waals surface area contributed by atoms with Crippen LogP contribution in [-0.4, -0.2) is 25.5 Å². The number of hydrogen-bond acceptors (Lipinski definition) is 3. The minimum absolute atomic E-state index is 0.0517. The van der Waals surface area contributed by atoms with Gasteiger partial charge in [0, 0.05) is 12.1 Å². The van der Waals surface area contributed by atoms with Gasteiger partial charge in [0.25, 0.3) is 0 Å². The molecule has 0 saturated heterocycles. The lowest BCUT2D eigenvalue weighted by molar-refractivity contribution is -0.131. The van der Waals surface area contributed by atoms with E-state index in [9.17, 15) is 13.2 Å². The summed E-state index contributed by atoms with van der Waals surface area (Å²) >= 11 is 0. The van der Waals surface area contributed by atoms with Crippen molar-refractivity contribution in [2.45, 2.75) is 55.9 Å². The first kappa shape index (κ1) is 19.1. The van der Waals surface area contributed by atoms with Gasteiger partial charge in [0.1, 0.15) is 0 Å². The van der Waals surface area contributed by atoms with Crippen LogP contribution < -0.4 is 4.72 Å². The van der Waals surface area contributed by atoms with E-state index >= 15 is 0 Å². The molecule has 0 aromatic heterocycles. The minimum atomic E-state index is -3.44. The number of rotatable bonds is 9. The van der Waals surface area contributed by atoms with Gasteiger partial charge in [-0.05, 0) is 62.0 Å². The average Bonchev–Trinajstić information content (AvgIpc) is 3.18. The number of carboxylic acids is 1. The number of aliphatic carboxylic acids is 1. The summed E-state index contributed by atoms with van der Waals surface area (Å²) < 4.78 is 28.1. The van der Waals surface area contributed by atoms with E-state index in [1.165, 1.54) is 12.5 Å². The summed E-state index contributed by atoms with van der Waals surface area (Å²) in [6, 6.07) is 8.64. The van der Waals surface area contributed by atoms with Gasteiger partial charge in [-0.25, -0.2) is 17.9 Å². The Morgan fingerprint density at radius 2 is 1.92 bits per heavy atom. The molecular weight excluding hydrogens is 350 g/mol. The quantitative estimate of drug-likeness (QED) is 0.509. The summed E-state index contributed by atoms with van der Waals surface area (Å²) in [7, 11) is -3.44. The SMILES string of the molecule is O=C(O)C=CCCCCC1CC2CC(NS(=O)(=O)c3ccccc3)C1C2. The monoisotopic (exact) mass is 377 g/mol. The first-order valence-corrected chi connectivity index (χ1v) is 10.9. The van der Waals surface area contributed by atoms with E-state index in [-0.39, 0.29) is 6.04 Å². The molecule has 142 valence electrons. The zero-order chi connectivity index (χ0) is 18.6. The van der Waals surface area contributed by atoms with Crippen molar-refractivity contribution >= 4 is 16.0 Å². The molecule has 2 bridgehead atoms. The molecule has 0 aliphatic heterocycles. The van der Waals surface area contributed by atoms with Gasteiger partial charge < -0.3 is 5.11 Å². The van der Waals surface area contributed by atoms with Crippen LogP contribution in [0.4, 0.5) is 0 Å². The lowest BCUT2D eigenvalue weighted by Crippen LogP contribution is -2.41. The maximum atomic E-state index is 12.6. The summed E-state index contributed by atoms with van der Waals surface area (Å²) in [5.74, 6) is 0.765. The third kappa shape index (κ3) is 4.74. The number of sulfonamides is 1. The molecule has 1 aromatic rings. The predicted octanol–water partition coefficient (Wildman–Crippen LogP) is 3.58. The van der Waals surface area contributed by atoms with E-state index in [0.29, 0.717) is 22.6 Å². The Labute approximate surface area is 155 Å². The molecular formula is C20H27NO4S. The van der Waals surface area contributed by atoms with Crippen LogP contribution in [-0.2, 0) is 14.8 Å². The summed E-state index contributed by atoms with van der Waals surface area (Å²) in [4.78, 5) is 10.8. The molecule has 5 nitrogen and oxygen atoms in total. The van der Waals surface area contributed by atoms with Crippen LogP contribution in [0.5, 0.6) is 0 Å². The molecule has 2 fully saturated rings. The number of hydrogen-bond donors (Lipinski definition) is 2. The van der Waals surface area contributed by atoms with Gasteiger partial charge in [-0.3, -0.25) is 0 Å². The molecule has 4 atom stereocenters. The minimum Gasteiger partial charge on any atom is -0.478 e. The normalized spacial score (nSPS) is 28.0. The van der Waals surface area contributed by atoms with E-state index < -0.39 is 16.0 Å². The molecule has 1 aromatic carbocycles. The predicted molar refractivity (Wildman–Crippen MR) is 100 cm³/mol. The number of fused-ring (bicyclic) bond motifs is 2. The molecule has 26 heavy (non-hydrogen) atoms. The third-order valence-electron chi connectivity index (χ3n) is 5.77. The van der Waals surface area contributed by atoms with Crippen molar-refractivity contribution in [3.05, 3.63) is 42.5 Å². The van der Waals surface area contributed by atoms with E-state index in [1.807, 2.05) is 6.07 Å². The van der Waals surface area contributed by atoms with Crippen LogP contribution in [0.3, 0.4) is 0 Å². The molecule has 0 heterocycles. The number of unbranched alkanes of at least 4 members (excludes halogenated alkanes) is 2. The largest absolute Gasteiger partial charge is 0.478 e. The van der Waals surface area contributed by atoms with E-state index in [2.05, 4.69) is 4.72 Å². The molecule has 2 aliphatic carbocycles. The van der Waals surface area contributed by atoms with Crippen molar-refractivity contribution in [1.29, 1.82) is 0 Å². The highest BCUT2D eigenvalue weighted by Gasteiger charge is 2.46. The molecule has 3 rings (SSSR count). The summed E-state index contributed by atoms with van der Waals surface area (Å²) in [5, 5.41) is 8.58. The molecule has 2 saturated carbocycles. The lowest BCUT2D eigenvalue weighted by atomic mass is 9.82. The molecule has 2 aliphatic rings. The Bertz CT molecular complexity index is 744. The molecule has 0 radical (unpaired) electrons. The number of carboxylic acid groups (broad SMARTS) is 1. The van der Waals surface area contributed by atoms with Gasteiger partial charge >= 0.3 is 5.97 Å². The smallest absolute Gasteiger partial charge is 0.327 e. The third-order valence-corrected chi connectivity index (χ3v) is 7.27. The van der Waals surface area contributed by atoms with Crippen molar-refractivity contribution < 1.29 is 18.3 Å². The Morgan fingerprint density at radius 3 is 2.62 bits per heavy atom. The summed E-state index contributed by atoms with van der Waals surface area (Å²) in [6.07, 6.45) is 10.1. The van der Waals surface area contributed by atoms with Gasteiger partial charge in [0.2, 0.25) is 10.0 Å². The maximum absolute atomic E-state index is 12.6. The van der Waals surface area contributed by atoms with Crippen LogP contribution in [0, 0.1) is 17.8 Å². The van der Waals surface area contributed by atoms with Gasteiger partial charge in [0.15, 0.2) is 0 Å². The molecule has 4 unspecified atom stereocenters. The second-order valence-corrected chi connectivity index (χ2v) is 9.28. The van der Waals surface area contributed by atoms with Gasteiger partial charge in [-0.1, -0.05) is 37.1 Å². The lowest BCUT2D eigenvalue weighted by Gasteiger charge is -2.30. The average molecular weight is 378 g/mol. The van der Waals surface area contributed by atoms with Crippen molar-refractivity contribution in [3.63, 3.8) is 0 Å². The second-order valence-electron chi connectivity index (χ2n) is 7.56. The Morgan fingerprint density at radius 1 is 1.15 bits per heavy atom. The van der Waals surface area contributed by atoms with Crippen LogP contribution in [0.15, 0.2) is 47.4 Å². The first-order chi connectivity index (χ1) is 12.5. The van der Waals surface area contributed by atoms with E-state index in [4.69, 9.17) is 5.11 Å². The van der Waals surface area contributed by atoms with Crippen LogP contribution >= 0.6 is 0 Å². The zero-order valence-electron chi connectivity index (χ0n) is 14.9. The maximum Gasteiger partial charge on any atom is 0.327 e. The van der Waals surface area contributed by atoms with Crippen molar-refractivity contribution in [1.82, 2.24) is 4.72 Å². The molecule has 2 N–H and O–H groups in total. The van der Waals surface area contributed by atoms with E-state index in [1.54, 1.807) is 30.3 Å². The van der Waals surface area contributed by atoms with Crippen LogP contribution in [0.25, 0.3) is 0 Å². The standard InChI is InChI=1S/C20H27NO4S/c22-20(23)11-7-2-1-4-8-16-12-15-13-18(16)19(14-15)21-26(24,25)17-9-5-3-6-10-17/h3,5-7,9-11,15-16,18-19,21H,1-2,4,8,12-14H2,(H,22,23). The Kier molecular flexibility index (Phi) is 6.14. The van der Waals surface area contributed by atoms with Gasteiger partial charge in [0.05, 0.1) is 4.90 Å². The fourth-order valence-corrected chi connectivity index (χ4v) is 6.00. The molecule has 0 amide bonds. The summed E-state index contributed by atoms with van der Waals surface area (Å²) in [5.41, 5.74) is 0. The number of nitrogens with one attached hydrogen (secondary N) is 1. The van der Waals surface area contributed by atoms with Crippen molar-refractivity contribution in [2.75, 3.05) is 0 Å². The Balaban J connectivity index is 1.50. The number of allylic oxidation sites excluding steroid dienone is 1. The fourth-order valence-electron chi connectivity index (χ4n) is 4.68. The summed E-state index contributed by atoms with van der Waals surface area (Å²) in [6.45, 7) is 0. The van der Waals surface area contributed by atoms with Gasteiger partial charge in [-0.2, -0.15) is 0 Å². The molecule has 0 spiro atoms. The van der Waals surface area contributed by atoms with Crippen molar-refractivity contribution in [3.8, 4) is 0 Å². The van der Waals surface area contributed by atoms with E-state index in [0.717, 1.165) is 38.5 Å². The molecule has 6 heteroatoms. The van der Waals surface area contributed by atoms with Crippen molar-refractivity contribution in [2.24, 2.45) is 17.8 Å². The van der Waals surface area contributed by atoms with Gasteiger partial charge in [-0.15, -0.1) is 0 Å². The number of benzene rings is 1. The Hall–Kier alpha value is -1.66. The highest BCUT2D eigenvalue weighted by atomic mass is 32.2. The zero-order valence-corrected chi connectivity index (χ0v) is 15.7. The fraction of sp³-hybridized carbons (Fsp3) is 0.550. The second kappa shape index (κ2) is 8.35. The highest BCUT2D eigenvalue weighted by molar-refractivity contribution is 7.89. The van der Waals surface area contributed by atoms with Crippen LogP contribution in [0.2, 0.25) is 0 Å². The topological polar surface area (TPSA) is 83.5 Å². The van der Waals surface area contributed by atoms with Crippen LogP contribution in [0.1, 0.15) is 44.9 Å². The first-order valence-electron chi connectivity index (χ1n) is 9.42. The number of carbonyl (C=O) groups is 1. The highest BCUT2D eigenvalue weighted by Crippen LogP contribution is 2.50.